The zero-order chi connectivity index (χ0) is 22.7. The van der Waals surface area contributed by atoms with Gasteiger partial charge in [-0.25, -0.2) is 8.78 Å². The van der Waals surface area contributed by atoms with Gasteiger partial charge in [-0.3, -0.25) is 9.59 Å². The van der Waals surface area contributed by atoms with Gasteiger partial charge in [0.15, 0.2) is 0 Å². The van der Waals surface area contributed by atoms with Gasteiger partial charge in [0.25, 0.3) is 5.79 Å². The Kier molecular flexibility index (Phi) is 8.46. The van der Waals surface area contributed by atoms with Gasteiger partial charge in [-0.05, 0) is 20.8 Å². The molecule has 0 saturated carbocycles. The summed E-state index contributed by atoms with van der Waals surface area (Å²) in [6, 6.07) is -1.19. The molecule has 10 nitrogen and oxygen atoms in total. The van der Waals surface area contributed by atoms with E-state index in [0.29, 0.717) is 0 Å². The van der Waals surface area contributed by atoms with Gasteiger partial charge in [0.05, 0.1) is 6.61 Å². The van der Waals surface area contributed by atoms with Crippen LogP contribution in [0.15, 0.2) is 0 Å². The SMILES string of the molecule is CC(C)NC(=O)[C@H](C)NC(=O)C(C)CC(F)(F)[C@]1(O)O[C@H](CO)[C@H](O)[C@H](O)[C@H]1O. The standard InChI is InChI=1S/C17H30F2N2O8/c1-7(2)20-15(27)9(4)21-14(26)8(3)5-16(18,19)17(28)13(25)12(24)11(23)10(6-22)29-17/h7-13,22-25,28H,5-6H2,1-4H3,(H,20,27)(H,21,26)/t8?,9-,10+,11-,12-,13+,17+/m0/s1. The van der Waals surface area contributed by atoms with E-state index in [0.717, 1.165) is 6.92 Å². The first-order chi connectivity index (χ1) is 13.2. The fourth-order valence-electron chi connectivity index (χ4n) is 2.91. The molecule has 0 radical (unpaired) electrons. The van der Waals surface area contributed by atoms with Crippen LogP contribution in [0.5, 0.6) is 0 Å². The van der Waals surface area contributed by atoms with Crippen LogP contribution in [-0.2, 0) is 14.3 Å². The number of aliphatic hydroxyl groups excluding tert-OH is 4. The third kappa shape index (κ3) is 5.58. The number of hydrogen-bond donors (Lipinski definition) is 7. The van der Waals surface area contributed by atoms with E-state index in [1.54, 1.807) is 13.8 Å². The van der Waals surface area contributed by atoms with Crippen LogP contribution in [0.4, 0.5) is 8.78 Å². The zero-order valence-corrected chi connectivity index (χ0v) is 16.7. The van der Waals surface area contributed by atoms with Crippen molar-refractivity contribution in [1.82, 2.24) is 10.6 Å². The third-order valence-electron chi connectivity index (χ3n) is 4.68. The van der Waals surface area contributed by atoms with E-state index in [2.05, 4.69) is 15.4 Å². The van der Waals surface area contributed by atoms with Crippen molar-refractivity contribution in [3.05, 3.63) is 0 Å². The number of aliphatic hydroxyl groups is 5. The molecule has 12 heteroatoms. The second-order valence-corrected chi connectivity index (χ2v) is 7.66. The van der Waals surface area contributed by atoms with Gasteiger partial charge in [-0.1, -0.05) is 6.92 Å². The molecule has 1 aliphatic heterocycles. The van der Waals surface area contributed by atoms with Crippen LogP contribution in [0.2, 0.25) is 0 Å². The van der Waals surface area contributed by atoms with E-state index in [-0.39, 0.29) is 6.04 Å². The maximum absolute atomic E-state index is 14.8. The van der Waals surface area contributed by atoms with E-state index in [1.165, 1.54) is 6.92 Å². The van der Waals surface area contributed by atoms with Crippen LogP contribution in [0.25, 0.3) is 0 Å². The second-order valence-electron chi connectivity index (χ2n) is 7.66. The molecule has 1 saturated heterocycles. The number of carbonyl (C=O) groups excluding carboxylic acids is 2. The molecule has 0 spiro atoms. The van der Waals surface area contributed by atoms with Crippen LogP contribution in [0.3, 0.4) is 0 Å². The number of carbonyl (C=O) groups is 2. The molecule has 0 aromatic rings. The average Bonchev–Trinajstić information content (AvgIpc) is 2.61. The minimum atomic E-state index is -4.26. The minimum Gasteiger partial charge on any atom is -0.394 e. The molecule has 7 atom stereocenters. The minimum absolute atomic E-state index is 0.191. The second kappa shape index (κ2) is 9.58. The quantitative estimate of drug-likeness (QED) is 0.229. The highest BCUT2D eigenvalue weighted by Crippen LogP contribution is 2.43. The third-order valence-corrected chi connectivity index (χ3v) is 4.68. The summed E-state index contributed by atoms with van der Waals surface area (Å²) in [5.41, 5.74) is 0. The fourth-order valence-corrected chi connectivity index (χ4v) is 2.91. The van der Waals surface area contributed by atoms with Crippen LogP contribution < -0.4 is 10.6 Å². The van der Waals surface area contributed by atoms with Crippen molar-refractivity contribution in [2.45, 2.75) is 82.3 Å². The molecule has 1 fully saturated rings. The maximum atomic E-state index is 14.8. The summed E-state index contributed by atoms with van der Waals surface area (Å²) in [7, 11) is 0. The lowest BCUT2D eigenvalue weighted by atomic mass is 9.85. The molecule has 1 rings (SSSR count). The highest BCUT2D eigenvalue weighted by atomic mass is 19.3. The summed E-state index contributed by atoms with van der Waals surface area (Å²) in [6.45, 7) is 4.88. The van der Waals surface area contributed by atoms with Gasteiger partial charge in [-0.15, -0.1) is 0 Å². The lowest BCUT2D eigenvalue weighted by molar-refractivity contribution is -0.413. The van der Waals surface area contributed by atoms with Crippen LogP contribution in [0.1, 0.15) is 34.1 Å². The van der Waals surface area contributed by atoms with Gasteiger partial charge < -0.3 is 40.9 Å². The molecule has 2 amide bonds. The summed E-state index contributed by atoms with van der Waals surface area (Å²) in [5, 5.41) is 53.4. The Balaban J connectivity index is 2.88. The number of alkyl halides is 2. The van der Waals surface area contributed by atoms with Crippen molar-refractivity contribution < 1.29 is 48.6 Å². The molecule has 0 bridgehead atoms. The van der Waals surface area contributed by atoms with Crippen molar-refractivity contribution in [1.29, 1.82) is 0 Å². The normalized spacial score (nSPS) is 32.6. The Labute approximate surface area is 166 Å². The average molecular weight is 428 g/mol. The lowest BCUT2D eigenvalue weighted by Gasteiger charge is -2.48. The Hall–Kier alpha value is -1.44. The summed E-state index contributed by atoms with van der Waals surface area (Å²) in [4.78, 5) is 24.0. The summed E-state index contributed by atoms with van der Waals surface area (Å²) in [5.74, 6) is -10.8. The van der Waals surface area contributed by atoms with E-state index < -0.39 is 72.9 Å². The van der Waals surface area contributed by atoms with Crippen molar-refractivity contribution in [2.75, 3.05) is 6.61 Å². The number of hydrogen-bond acceptors (Lipinski definition) is 8. The van der Waals surface area contributed by atoms with Gasteiger partial charge in [0.2, 0.25) is 11.8 Å². The largest absolute Gasteiger partial charge is 0.394 e. The predicted molar refractivity (Wildman–Crippen MR) is 94.5 cm³/mol. The van der Waals surface area contributed by atoms with Crippen LogP contribution in [-0.4, -0.2) is 92.2 Å². The molecule has 1 heterocycles. The molecule has 7 N–H and O–H groups in total. The molecular formula is C17H30F2N2O8. The molecule has 0 aliphatic carbocycles. The van der Waals surface area contributed by atoms with Crippen molar-refractivity contribution in [2.24, 2.45) is 5.92 Å². The first kappa shape index (κ1) is 25.6. The first-order valence-corrected chi connectivity index (χ1v) is 9.21. The number of rotatable bonds is 8. The number of halogens is 2. The Morgan fingerprint density at radius 3 is 2.10 bits per heavy atom. The Morgan fingerprint density at radius 1 is 1.07 bits per heavy atom. The van der Waals surface area contributed by atoms with Crippen molar-refractivity contribution in [3.63, 3.8) is 0 Å². The van der Waals surface area contributed by atoms with Crippen LogP contribution >= 0.6 is 0 Å². The molecule has 0 aromatic heterocycles. The van der Waals surface area contributed by atoms with E-state index >= 15 is 0 Å². The van der Waals surface area contributed by atoms with Gasteiger partial charge in [0.1, 0.15) is 30.5 Å². The Bertz CT molecular complexity index is 592. The van der Waals surface area contributed by atoms with Crippen molar-refractivity contribution >= 4 is 11.8 Å². The predicted octanol–water partition coefficient (Wildman–Crippen LogP) is -2.16. The molecule has 1 aliphatic rings. The summed E-state index contributed by atoms with van der Waals surface area (Å²) >= 11 is 0. The maximum Gasteiger partial charge on any atom is 0.304 e. The van der Waals surface area contributed by atoms with Gasteiger partial charge in [-0.2, -0.15) is 0 Å². The van der Waals surface area contributed by atoms with Gasteiger partial charge >= 0.3 is 5.92 Å². The summed E-state index contributed by atoms with van der Waals surface area (Å²) in [6.07, 6.45) is -9.84. The van der Waals surface area contributed by atoms with Crippen LogP contribution in [0, 0.1) is 5.92 Å². The fraction of sp³-hybridized carbons (Fsp3) is 0.882. The number of ether oxygens (including phenoxy) is 1. The summed E-state index contributed by atoms with van der Waals surface area (Å²) < 4.78 is 34.2. The zero-order valence-electron chi connectivity index (χ0n) is 16.7. The molecule has 170 valence electrons. The molecule has 0 aromatic carbocycles. The lowest BCUT2D eigenvalue weighted by Crippen LogP contribution is -2.71. The van der Waals surface area contributed by atoms with Crippen molar-refractivity contribution in [3.8, 4) is 0 Å². The monoisotopic (exact) mass is 428 g/mol. The Morgan fingerprint density at radius 2 is 1.62 bits per heavy atom. The van der Waals surface area contributed by atoms with E-state index in [1.807, 2.05) is 0 Å². The highest BCUT2D eigenvalue weighted by molar-refractivity contribution is 5.88. The highest BCUT2D eigenvalue weighted by Gasteiger charge is 2.66. The first-order valence-electron chi connectivity index (χ1n) is 9.21. The molecule has 1 unspecified atom stereocenters. The van der Waals surface area contributed by atoms with E-state index in [9.17, 15) is 38.8 Å². The molecule has 29 heavy (non-hydrogen) atoms. The molecular weight excluding hydrogens is 398 g/mol. The smallest absolute Gasteiger partial charge is 0.304 e. The number of amides is 2. The topological polar surface area (TPSA) is 169 Å². The van der Waals surface area contributed by atoms with Gasteiger partial charge in [0, 0.05) is 18.4 Å². The van der Waals surface area contributed by atoms with E-state index in [4.69, 9.17) is 5.11 Å². The number of nitrogens with one attached hydrogen (secondary N) is 2.